The summed E-state index contributed by atoms with van der Waals surface area (Å²) >= 11 is 0. The molecule has 136 valence electrons. The van der Waals surface area contributed by atoms with Crippen LogP contribution < -0.4 is 5.69 Å². The van der Waals surface area contributed by atoms with Crippen molar-refractivity contribution >= 4 is 17.2 Å². The van der Waals surface area contributed by atoms with Crippen LogP contribution in [0.1, 0.15) is 50.8 Å². The minimum atomic E-state index is -0.387. The van der Waals surface area contributed by atoms with Crippen molar-refractivity contribution in [2.45, 2.75) is 51.4 Å². The molecule has 0 spiro atoms. The Bertz CT molecular complexity index is 815. The van der Waals surface area contributed by atoms with Gasteiger partial charge in [-0.3, -0.25) is 4.57 Å². The van der Waals surface area contributed by atoms with E-state index in [1.54, 1.807) is 27.3 Å². The van der Waals surface area contributed by atoms with Crippen LogP contribution in [0.2, 0.25) is 0 Å². The number of nitrogens with zero attached hydrogens (tertiary/aromatic N) is 5. The van der Waals surface area contributed by atoms with Crippen molar-refractivity contribution in [2.75, 3.05) is 14.1 Å². The van der Waals surface area contributed by atoms with E-state index in [0.29, 0.717) is 17.0 Å². The van der Waals surface area contributed by atoms with Crippen molar-refractivity contribution < 1.29 is 4.79 Å². The molecule has 0 aliphatic heterocycles. The zero-order valence-electron chi connectivity index (χ0n) is 15.4. The zero-order valence-corrected chi connectivity index (χ0v) is 15.4. The summed E-state index contributed by atoms with van der Waals surface area (Å²) in [6, 6.07) is -0.387. The molecule has 3 rings (SSSR count). The van der Waals surface area contributed by atoms with Crippen molar-refractivity contribution in [1.82, 2.24) is 24.0 Å². The summed E-state index contributed by atoms with van der Waals surface area (Å²) in [6.45, 7) is 0. The monoisotopic (exact) mass is 345 g/mol. The van der Waals surface area contributed by atoms with Crippen LogP contribution in [-0.4, -0.2) is 44.1 Å². The molecule has 7 heteroatoms. The van der Waals surface area contributed by atoms with E-state index >= 15 is 0 Å². The molecule has 0 saturated heterocycles. The van der Waals surface area contributed by atoms with E-state index in [1.807, 2.05) is 0 Å². The predicted octanol–water partition coefficient (Wildman–Crippen LogP) is 2.56. The van der Waals surface area contributed by atoms with Gasteiger partial charge in [0.1, 0.15) is 11.3 Å². The Hall–Kier alpha value is -2.18. The summed E-state index contributed by atoms with van der Waals surface area (Å²) < 4.78 is 2.55. The van der Waals surface area contributed by atoms with Gasteiger partial charge in [0.2, 0.25) is 0 Å². The standard InChI is InChI=1S/C18H27N5O2/c1-21(2)17(24)23-16-14(22(3)18(23)25)12-19-15(20-16)11-7-10-13-8-5-4-6-9-13/h12-13H,4-11H2,1-3H3. The molecule has 0 atom stereocenters. The first-order valence-corrected chi connectivity index (χ1v) is 9.14. The fourth-order valence-corrected chi connectivity index (χ4v) is 3.66. The lowest BCUT2D eigenvalue weighted by molar-refractivity contribution is 0.219. The maximum Gasteiger partial charge on any atom is 0.338 e. The average Bonchev–Trinajstić information content (AvgIpc) is 2.86. The minimum Gasteiger partial charge on any atom is -0.330 e. The topological polar surface area (TPSA) is 73.0 Å². The molecule has 0 N–H and O–H groups in total. The summed E-state index contributed by atoms with van der Waals surface area (Å²) in [5.41, 5.74) is 0.590. The van der Waals surface area contributed by atoms with Gasteiger partial charge in [-0.1, -0.05) is 38.5 Å². The Morgan fingerprint density at radius 3 is 2.68 bits per heavy atom. The van der Waals surface area contributed by atoms with Gasteiger partial charge < -0.3 is 4.90 Å². The number of imidazole rings is 1. The molecule has 1 saturated carbocycles. The van der Waals surface area contributed by atoms with E-state index < -0.39 is 0 Å². The van der Waals surface area contributed by atoms with Gasteiger partial charge in [0, 0.05) is 27.6 Å². The average molecular weight is 345 g/mol. The molecule has 1 aliphatic rings. The maximum atomic E-state index is 12.4. The first kappa shape index (κ1) is 17.6. The minimum absolute atomic E-state index is 0.387. The first-order valence-electron chi connectivity index (χ1n) is 9.14. The van der Waals surface area contributed by atoms with E-state index in [4.69, 9.17) is 0 Å². The Balaban J connectivity index is 1.80. The van der Waals surface area contributed by atoms with Crippen LogP contribution in [0.3, 0.4) is 0 Å². The molecule has 1 amide bonds. The highest BCUT2D eigenvalue weighted by molar-refractivity contribution is 5.86. The van der Waals surface area contributed by atoms with Crippen molar-refractivity contribution in [1.29, 1.82) is 0 Å². The zero-order chi connectivity index (χ0) is 18.0. The van der Waals surface area contributed by atoms with E-state index in [9.17, 15) is 9.59 Å². The third-order valence-corrected chi connectivity index (χ3v) is 5.16. The molecule has 2 aromatic rings. The molecule has 0 bridgehead atoms. The lowest BCUT2D eigenvalue weighted by Gasteiger charge is -2.21. The Kier molecular flexibility index (Phi) is 5.20. The second kappa shape index (κ2) is 7.37. The van der Waals surface area contributed by atoms with Gasteiger partial charge in [0.25, 0.3) is 0 Å². The quantitative estimate of drug-likeness (QED) is 0.854. The van der Waals surface area contributed by atoms with E-state index in [0.717, 1.165) is 23.3 Å². The van der Waals surface area contributed by atoms with Crippen LogP contribution in [0, 0.1) is 5.92 Å². The molecule has 0 unspecified atom stereocenters. The third-order valence-electron chi connectivity index (χ3n) is 5.16. The number of amides is 1. The second-order valence-electron chi connectivity index (χ2n) is 7.25. The SMILES string of the molecule is CN(C)C(=O)n1c(=O)n(C)c2cnc(CCCC3CCCCC3)nc21. The number of aryl methyl sites for hydroxylation is 2. The third kappa shape index (κ3) is 3.60. The lowest BCUT2D eigenvalue weighted by Crippen LogP contribution is -2.35. The first-order chi connectivity index (χ1) is 12.0. The van der Waals surface area contributed by atoms with Crippen LogP contribution >= 0.6 is 0 Å². The molecular formula is C18H27N5O2. The van der Waals surface area contributed by atoms with Gasteiger partial charge in [-0.15, -0.1) is 0 Å². The fraction of sp³-hybridized carbons (Fsp3) is 0.667. The smallest absolute Gasteiger partial charge is 0.330 e. The van der Waals surface area contributed by atoms with Crippen molar-refractivity contribution in [3.63, 3.8) is 0 Å². The van der Waals surface area contributed by atoms with Crippen LogP contribution in [0.4, 0.5) is 4.79 Å². The van der Waals surface area contributed by atoms with E-state index in [2.05, 4.69) is 9.97 Å². The van der Waals surface area contributed by atoms with E-state index in [-0.39, 0.29) is 11.7 Å². The summed E-state index contributed by atoms with van der Waals surface area (Å²) in [4.78, 5) is 35.0. The van der Waals surface area contributed by atoms with Gasteiger partial charge in [-0.05, 0) is 12.3 Å². The molecule has 7 nitrogen and oxygen atoms in total. The summed E-state index contributed by atoms with van der Waals surface area (Å²) in [5.74, 6) is 1.54. The normalized spacial score (nSPS) is 15.6. The number of hydrogen-bond acceptors (Lipinski definition) is 4. The van der Waals surface area contributed by atoms with E-state index in [1.165, 1.54) is 48.0 Å². The molecule has 25 heavy (non-hydrogen) atoms. The number of aromatic nitrogens is 4. The molecular weight excluding hydrogens is 318 g/mol. The number of carbonyl (C=O) groups excluding carboxylic acids is 1. The largest absolute Gasteiger partial charge is 0.338 e. The van der Waals surface area contributed by atoms with Gasteiger partial charge in [0.15, 0.2) is 5.65 Å². The number of rotatable bonds is 4. The molecule has 1 fully saturated rings. The number of hydrogen-bond donors (Lipinski definition) is 0. The lowest BCUT2D eigenvalue weighted by atomic mass is 9.86. The Morgan fingerprint density at radius 1 is 1.28 bits per heavy atom. The van der Waals surface area contributed by atoms with Crippen LogP contribution in [-0.2, 0) is 13.5 Å². The number of fused-ring (bicyclic) bond motifs is 1. The fourth-order valence-electron chi connectivity index (χ4n) is 3.66. The molecule has 1 aliphatic carbocycles. The van der Waals surface area contributed by atoms with Crippen LogP contribution in [0.5, 0.6) is 0 Å². The molecule has 2 aromatic heterocycles. The maximum absolute atomic E-state index is 12.4. The molecule has 0 radical (unpaired) electrons. The highest BCUT2D eigenvalue weighted by Gasteiger charge is 2.20. The highest BCUT2D eigenvalue weighted by Crippen LogP contribution is 2.27. The highest BCUT2D eigenvalue weighted by atomic mass is 16.2. The molecule has 2 heterocycles. The van der Waals surface area contributed by atoms with Gasteiger partial charge in [-0.2, -0.15) is 4.57 Å². The second-order valence-corrected chi connectivity index (χ2v) is 7.25. The predicted molar refractivity (Wildman–Crippen MR) is 96.8 cm³/mol. The summed E-state index contributed by atoms with van der Waals surface area (Å²) in [5, 5.41) is 0. The Morgan fingerprint density at radius 2 is 2.00 bits per heavy atom. The Labute approximate surface area is 147 Å². The number of carbonyl (C=O) groups is 1. The molecule has 0 aromatic carbocycles. The van der Waals surface area contributed by atoms with Gasteiger partial charge in [-0.25, -0.2) is 19.6 Å². The van der Waals surface area contributed by atoms with Gasteiger partial charge in [0.05, 0.1) is 6.20 Å². The van der Waals surface area contributed by atoms with Crippen LogP contribution in [0.25, 0.3) is 11.2 Å². The van der Waals surface area contributed by atoms with Gasteiger partial charge >= 0.3 is 11.7 Å². The van der Waals surface area contributed by atoms with Crippen LogP contribution in [0.15, 0.2) is 11.0 Å². The summed E-state index contributed by atoms with van der Waals surface area (Å²) in [7, 11) is 4.88. The van der Waals surface area contributed by atoms with Crippen molar-refractivity contribution in [2.24, 2.45) is 13.0 Å². The summed E-state index contributed by atoms with van der Waals surface area (Å²) in [6.07, 6.45) is 11.5. The van der Waals surface area contributed by atoms with Crippen molar-refractivity contribution in [3.8, 4) is 0 Å². The van der Waals surface area contributed by atoms with Crippen molar-refractivity contribution in [3.05, 3.63) is 22.5 Å².